The standard InChI is InChI=1S/C23H31N3O/c1-3-23(27)26(17-21-8-6-12-24-15-21)16-20-10-13-25(14-11-20)18-22-9-5-4-7-19(22)2/h4-9,12,15,20H,3,10-11,13-14,16-18H2,1-2H3. The molecule has 2 heterocycles. The summed E-state index contributed by atoms with van der Waals surface area (Å²) < 4.78 is 0. The van der Waals surface area contributed by atoms with Gasteiger partial charge in [0.15, 0.2) is 0 Å². The van der Waals surface area contributed by atoms with Gasteiger partial charge in [0.1, 0.15) is 0 Å². The van der Waals surface area contributed by atoms with Crippen molar-refractivity contribution in [3.05, 3.63) is 65.5 Å². The molecule has 0 spiro atoms. The minimum absolute atomic E-state index is 0.237. The monoisotopic (exact) mass is 365 g/mol. The largest absolute Gasteiger partial charge is 0.338 e. The molecule has 1 fully saturated rings. The van der Waals surface area contributed by atoms with Gasteiger partial charge in [-0.15, -0.1) is 0 Å². The lowest BCUT2D eigenvalue weighted by atomic mass is 9.95. The molecule has 0 atom stereocenters. The molecule has 0 N–H and O–H groups in total. The lowest BCUT2D eigenvalue weighted by molar-refractivity contribution is -0.132. The summed E-state index contributed by atoms with van der Waals surface area (Å²) in [5.74, 6) is 0.825. The first-order valence-electron chi connectivity index (χ1n) is 10.1. The Balaban J connectivity index is 1.53. The van der Waals surface area contributed by atoms with Crippen LogP contribution < -0.4 is 0 Å². The molecule has 0 radical (unpaired) electrons. The average molecular weight is 366 g/mol. The van der Waals surface area contributed by atoms with Gasteiger partial charge in [-0.3, -0.25) is 14.7 Å². The van der Waals surface area contributed by atoms with Gasteiger partial charge in [-0.05, 0) is 61.5 Å². The Morgan fingerprint density at radius 3 is 2.63 bits per heavy atom. The Morgan fingerprint density at radius 1 is 1.19 bits per heavy atom. The van der Waals surface area contributed by atoms with Crippen LogP contribution in [0.4, 0.5) is 0 Å². The highest BCUT2D eigenvalue weighted by molar-refractivity contribution is 5.75. The van der Waals surface area contributed by atoms with Crippen LogP contribution in [0.15, 0.2) is 48.8 Å². The van der Waals surface area contributed by atoms with Gasteiger partial charge in [-0.2, -0.15) is 0 Å². The molecule has 4 heteroatoms. The number of aryl methyl sites for hydroxylation is 1. The van der Waals surface area contributed by atoms with Crippen molar-refractivity contribution in [1.29, 1.82) is 0 Å². The van der Waals surface area contributed by atoms with E-state index >= 15 is 0 Å². The molecule has 1 saturated heterocycles. The maximum Gasteiger partial charge on any atom is 0.222 e. The van der Waals surface area contributed by atoms with E-state index in [9.17, 15) is 4.79 Å². The van der Waals surface area contributed by atoms with Crippen molar-refractivity contribution in [1.82, 2.24) is 14.8 Å². The number of hydrogen-bond acceptors (Lipinski definition) is 3. The van der Waals surface area contributed by atoms with Crippen LogP contribution in [-0.2, 0) is 17.9 Å². The van der Waals surface area contributed by atoms with Crippen LogP contribution in [0.3, 0.4) is 0 Å². The van der Waals surface area contributed by atoms with Crippen molar-refractivity contribution in [3.63, 3.8) is 0 Å². The number of carbonyl (C=O) groups is 1. The molecular weight excluding hydrogens is 334 g/mol. The number of nitrogens with zero attached hydrogens (tertiary/aromatic N) is 3. The Hall–Kier alpha value is -2.20. The molecule has 1 aromatic carbocycles. The summed E-state index contributed by atoms with van der Waals surface area (Å²) in [6.07, 6.45) is 6.52. The molecule has 1 aliphatic heterocycles. The van der Waals surface area contributed by atoms with E-state index in [1.54, 1.807) is 6.20 Å². The molecule has 144 valence electrons. The predicted octanol–water partition coefficient (Wildman–Crippen LogP) is 4.04. The van der Waals surface area contributed by atoms with E-state index in [0.717, 1.165) is 44.6 Å². The van der Waals surface area contributed by atoms with Crippen molar-refractivity contribution in [2.75, 3.05) is 19.6 Å². The molecule has 2 aromatic rings. The lowest BCUT2D eigenvalue weighted by Gasteiger charge is -2.35. The zero-order valence-electron chi connectivity index (χ0n) is 16.6. The summed E-state index contributed by atoms with van der Waals surface area (Å²) in [5.41, 5.74) is 3.91. The van der Waals surface area contributed by atoms with Crippen molar-refractivity contribution in [2.24, 2.45) is 5.92 Å². The Labute approximate surface area is 163 Å². The van der Waals surface area contributed by atoms with Crippen LogP contribution >= 0.6 is 0 Å². The number of hydrogen-bond donors (Lipinski definition) is 0. The van der Waals surface area contributed by atoms with Gasteiger partial charge < -0.3 is 4.90 Å². The number of likely N-dealkylation sites (tertiary alicyclic amines) is 1. The third kappa shape index (κ3) is 5.64. The van der Waals surface area contributed by atoms with Crippen LogP contribution in [0.1, 0.15) is 42.9 Å². The molecule has 27 heavy (non-hydrogen) atoms. The molecule has 4 nitrogen and oxygen atoms in total. The lowest BCUT2D eigenvalue weighted by Crippen LogP contribution is -2.40. The van der Waals surface area contributed by atoms with Gasteiger partial charge in [-0.25, -0.2) is 0 Å². The molecule has 1 aliphatic rings. The van der Waals surface area contributed by atoms with E-state index in [4.69, 9.17) is 0 Å². The minimum atomic E-state index is 0.237. The van der Waals surface area contributed by atoms with Gasteiger partial charge in [0.05, 0.1) is 0 Å². The second-order valence-electron chi connectivity index (χ2n) is 7.64. The van der Waals surface area contributed by atoms with Crippen molar-refractivity contribution in [2.45, 2.75) is 46.2 Å². The summed E-state index contributed by atoms with van der Waals surface area (Å²) in [6.45, 7) is 8.93. The predicted molar refractivity (Wildman–Crippen MR) is 109 cm³/mol. The number of benzene rings is 1. The third-order valence-corrected chi connectivity index (χ3v) is 5.59. The highest BCUT2D eigenvalue weighted by atomic mass is 16.2. The Bertz CT molecular complexity index is 723. The van der Waals surface area contributed by atoms with Gasteiger partial charge >= 0.3 is 0 Å². The van der Waals surface area contributed by atoms with Crippen LogP contribution in [0.25, 0.3) is 0 Å². The zero-order valence-corrected chi connectivity index (χ0v) is 16.6. The van der Waals surface area contributed by atoms with E-state index in [2.05, 4.69) is 41.1 Å². The number of carbonyl (C=O) groups excluding carboxylic acids is 1. The van der Waals surface area contributed by atoms with E-state index in [1.807, 2.05) is 30.2 Å². The molecule has 1 amide bonds. The molecule has 0 saturated carbocycles. The molecule has 0 bridgehead atoms. The molecule has 0 aliphatic carbocycles. The van der Waals surface area contributed by atoms with E-state index < -0.39 is 0 Å². The summed E-state index contributed by atoms with van der Waals surface area (Å²) in [5, 5.41) is 0. The number of piperidine rings is 1. The van der Waals surface area contributed by atoms with Crippen LogP contribution in [0, 0.1) is 12.8 Å². The molecule has 3 rings (SSSR count). The van der Waals surface area contributed by atoms with E-state index in [-0.39, 0.29) is 5.91 Å². The van der Waals surface area contributed by atoms with Gasteiger partial charge in [-0.1, -0.05) is 37.3 Å². The van der Waals surface area contributed by atoms with Gasteiger partial charge in [0, 0.05) is 38.4 Å². The molecule has 0 unspecified atom stereocenters. The quantitative estimate of drug-likeness (QED) is 0.743. The fourth-order valence-electron chi connectivity index (χ4n) is 3.86. The highest BCUT2D eigenvalue weighted by Crippen LogP contribution is 2.22. The summed E-state index contributed by atoms with van der Waals surface area (Å²) in [6, 6.07) is 12.6. The highest BCUT2D eigenvalue weighted by Gasteiger charge is 2.23. The van der Waals surface area contributed by atoms with Crippen LogP contribution in [-0.4, -0.2) is 40.3 Å². The Morgan fingerprint density at radius 2 is 1.96 bits per heavy atom. The summed E-state index contributed by atoms with van der Waals surface area (Å²) in [4.78, 5) is 21.2. The third-order valence-electron chi connectivity index (χ3n) is 5.59. The fraction of sp³-hybridized carbons (Fsp3) is 0.478. The van der Waals surface area contributed by atoms with Crippen molar-refractivity contribution in [3.8, 4) is 0 Å². The summed E-state index contributed by atoms with van der Waals surface area (Å²) in [7, 11) is 0. The summed E-state index contributed by atoms with van der Waals surface area (Å²) >= 11 is 0. The first-order valence-corrected chi connectivity index (χ1v) is 10.1. The van der Waals surface area contributed by atoms with Gasteiger partial charge in [0.2, 0.25) is 5.91 Å². The van der Waals surface area contributed by atoms with E-state index in [0.29, 0.717) is 18.9 Å². The second kappa shape index (κ2) is 9.65. The number of amides is 1. The first kappa shape index (κ1) is 19.6. The number of aromatic nitrogens is 1. The van der Waals surface area contributed by atoms with Gasteiger partial charge in [0.25, 0.3) is 0 Å². The number of rotatable bonds is 7. The smallest absolute Gasteiger partial charge is 0.222 e. The molecule has 1 aromatic heterocycles. The Kier molecular flexibility index (Phi) is 6.99. The average Bonchev–Trinajstić information content (AvgIpc) is 2.71. The molecular formula is C23H31N3O. The van der Waals surface area contributed by atoms with Crippen LogP contribution in [0.5, 0.6) is 0 Å². The zero-order chi connectivity index (χ0) is 19.1. The van der Waals surface area contributed by atoms with Crippen molar-refractivity contribution >= 4 is 5.91 Å². The van der Waals surface area contributed by atoms with Crippen LogP contribution in [0.2, 0.25) is 0 Å². The maximum atomic E-state index is 12.4. The minimum Gasteiger partial charge on any atom is -0.338 e. The maximum absolute atomic E-state index is 12.4. The first-order chi connectivity index (χ1) is 13.2. The normalized spacial score (nSPS) is 15.6. The van der Waals surface area contributed by atoms with Crippen molar-refractivity contribution < 1.29 is 4.79 Å². The number of pyridine rings is 1. The van der Waals surface area contributed by atoms with E-state index in [1.165, 1.54) is 11.1 Å². The fourth-order valence-corrected chi connectivity index (χ4v) is 3.86. The topological polar surface area (TPSA) is 36.4 Å². The SMILES string of the molecule is CCC(=O)N(Cc1cccnc1)CC1CCN(Cc2ccccc2C)CC1. The second-order valence-corrected chi connectivity index (χ2v) is 7.64.